The topological polar surface area (TPSA) is 69.7 Å². The average molecular weight is 243 g/mol. The summed E-state index contributed by atoms with van der Waals surface area (Å²) < 4.78 is 31.4. The third-order valence-electron chi connectivity index (χ3n) is 1.88. The van der Waals surface area contributed by atoms with Crippen LogP contribution in [0.25, 0.3) is 0 Å². The highest BCUT2D eigenvalue weighted by atomic mass is 35.7. The normalized spacial score (nSPS) is 19.9. The first kappa shape index (κ1) is 11.7. The summed E-state index contributed by atoms with van der Waals surface area (Å²) in [5.74, 6) is -0.669. The first-order valence-electron chi connectivity index (χ1n) is 3.96. The van der Waals surface area contributed by atoms with Crippen LogP contribution in [0.2, 0.25) is 0 Å². The minimum atomic E-state index is -3.59. The SMILES string of the molecule is CC(=O)OCC1(CS(=O)(=O)Cl)COC1. The summed E-state index contributed by atoms with van der Waals surface area (Å²) in [5.41, 5.74) is -0.647. The molecule has 0 saturated carbocycles. The van der Waals surface area contributed by atoms with E-state index in [1.54, 1.807) is 0 Å². The van der Waals surface area contributed by atoms with Gasteiger partial charge < -0.3 is 9.47 Å². The van der Waals surface area contributed by atoms with Crippen molar-refractivity contribution in [1.29, 1.82) is 0 Å². The standard InChI is InChI=1S/C7H11ClO5S/c1-6(9)13-4-7(2-12-3-7)5-14(8,10)11/h2-5H2,1H3. The summed E-state index contributed by atoms with van der Waals surface area (Å²) in [6.07, 6.45) is 0. The highest BCUT2D eigenvalue weighted by Gasteiger charge is 2.43. The van der Waals surface area contributed by atoms with E-state index in [1.807, 2.05) is 0 Å². The van der Waals surface area contributed by atoms with E-state index in [-0.39, 0.29) is 25.6 Å². The fourth-order valence-electron chi connectivity index (χ4n) is 1.22. The van der Waals surface area contributed by atoms with Gasteiger partial charge in [0.05, 0.1) is 24.4 Å². The molecule has 0 aromatic carbocycles. The molecule has 0 atom stereocenters. The zero-order valence-electron chi connectivity index (χ0n) is 7.66. The molecule has 1 rings (SSSR count). The second kappa shape index (κ2) is 4.04. The monoisotopic (exact) mass is 242 g/mol. The zero-order chi connectivity index (χ0) is 10.8. The fourth-order valence-corrected chi connectivity index (χ4v) is 2.90. The van der Waals surface area contributed by atoms with Crippen LogP contribution in [0.1, 0.15) is 6.92 Å². The molecule has 0 aromatic heterocycles. The van der Waals surface area contributed by atoms with Crippen molar-refractivity contribution in [3.05, 3.63) is 0 Å². The Morgan fingerprint density at radius 2 is 2.14 bits per heavy atom. The summed E-state index contributed by atoms with van der Waals surface area (Å²) in [6, 6.07) is 0. The third-order valence-corrected chi connectivity index (χ3v) is 3.16. The molecule has 1 saturated heterocycles. The molecule has 0 aromatic rings. The molecule has 0 radical (unpaired) electrons. The molecule has 5 nitrogen and oxygen atoms in total. The quantitative estimate of drug-likeness (QED) is 0.518. The van der Waals surface area contributed by atoms with E-state index in [4.69, 9.17) is 20.2 Å². The average Bonchev–Trinajstić information content (AvgIpc) is 1.92. The van der Waals surface area contributed by atoms with E-state index in [9.17, 15) is 13.2 Å². The smallest absolute Gasteiger partial charge is 0.302 e. The van der Waals surface area contributed by atoms with Gasteiger partial charge >= 0.3 is 5.97 Å². The van der Waals surface area contributed by atoms with Crippen LogP contribution in [0, 0.1) is 5.41 Å². The van der Waals surface area contributed by atoms with Crippen LogP contribution in [0.15, 0.2) is 0 Å². The predicted molar refractivity (Wildman–Crippen MR) is 49.5 cm³/mol. The number of carbonyl (C=O) groups is 1. The minimum Gasteiger partial charge on any atom is -0.465 e. The summed E-state index contributed by atoms with van der Waals surface area (Å²) in [4.78, 5) is 10.6. The molecule has 1 aliphatic rings. The van der Waals surface area contributed by atoms with Gasteiger partial charge in [0.25, 0.3) is 0 Å². The van der Waals surface area contributed by atoms with E-state index in [2.05, 4.69) is 0 Å². The van der Waals surface area contributed by atoms with Crippen molar-refractivity contribution in [3.8, 4) is 0 Å². The van der Waals surface area contributed by atoms with Crippen LogP contribution in [-0.4, -0.2) is 40.0 Å². The fraction of sp³-hybridized carbons (Fsp3) is 0.857. The van der Waals surface area contributed by atoms with Gasteiger partial charge in [-0.3, -0.25) is 4.79 Å². The highest BCUT2D eigenvalue weighted by molar-refractivity contribution is 8.13. The van der Waals surface area contributed by atoms with Gasteiger partial charge in [0.1, 0.15) is 6.61 Å². The second-order valence-electron chi connectivity index (χ2n) is 3.46. The number of hydrogen-bond donors (Lipinski definition) is 0. The van der Waals surface area contributed by atoms with Gasteiger partial charge in [-0.2, -0.15) is 0 Å². The third kappa shape index (κ3) is 3.43. The lowest BCUT2D eigenvalue weighted by atomic mass is 9.90. The molecule has 0 bridgehead atoms. The Bertz CT molecular complexity index is 319. The second-order valence-corrected chi connectivity index (χ2v) is 6.23. The van der Waals surface area contributed by atoms with Crippen molar-refractivity contribution >= 4 is 25.7 Å². The van der Waals surface area contributed by atoms with Gasteiger partial charge in [-0.05, 0) is 0 Å². The predicted octanol–water partition coefficient (Wildman–Crippen LogP) is 0.135. The Kier molecular flexibility index (Phi) is 3.39. The molecule has 1 aliphatic heterocycles. The minimum absolute atomic E-state index is 0.0360. The lowest BCUT2D eigenvalue weighted by Crippen LogP contribution is -2.50. The Balaban J connectivity index is 2.54. The zero-order valence-corrected chi connectivity index (χ0v) is 9.23. The van der Waals surface area contributed by atoms with E-state index in [1.165, 1.54) is 6.92 Å². The Morgan fingerprint density at radius 3 is 2.43 bits per heavy atom. The van der Waals surface area contributed by atoms with Crippen molar-refractivity contribution in [1.82, 2.24) is 0 Å². The summed E-state index contributed by atoms with van der Waals surface area (Å²) in [5, 5.41) is 0. The number of rotatable bonds is 4. The molecule has 0 unspecified atom stereocenters. The van der Waals surface area contributed by atoms with E-state index in [0.29, 0.717) is 0 Å². The molecule has 82 valence electrons. The molecule has 1 fully saturated rings. The molecular weight excluding hydrogens is 232 g/mol. The van der Waals surface area contributed by atoms with Gasteiger partial charge in [-0.1, -0.05) is 0 Å². The Morgan fingerprint density at radius 1 is 1.57 bits per heavy atom. The number of ether oxygens (including phenoxy) is 2. The molecule has 7 heteroatoms. The van der Waals surface area contributed by atoms with Gasteiger partial charge in [0, 0.05) is 17.6 Å². The summed E-state index contributed by atoms with van der Waals surface area (Å²) in [6.45, 7) is 1.81. The van der Waals surface area contributed by atoms with Crippen LogP contribution in [0.4, 0.5) is 0 Å². The molecule has 1 heterocycles. The maximum absolute atomic E-state index is 10.9. The number of carbonyl (C=O) groups excluding carboxylic acids is 1. The first-order chi connectivity index (χ1) is 6.33. The lowest BCUT2D eigenvalue weighted by molar-refractivity contribution is -0.162. The van der Waals surface area contributed by atoms with Gasteiger partial charge in [-0.25, -0.2) is 8.42 Å². The Hall–Kier alpha value is -0.330. The summed E-state index contributed by atoms with van der Waals surface area (Å²) >= 11 is 0. The van der Waals surface area contributed by atoms with Crippen molar-refractivity contribution in [3.63, 3.8) is 0 Å². The molecule has 0 aliphatic carbocycles. The van der Waals surface area contributed by atoms with Crippen molar-refractivity contribution in [2.24, 2.45) is 5.41 Å². The van der Waals surface area contributed by atoms with E-state index in [0.717, 1.165) is 0 Å². The largest absolute Gasteiger partial charge is 0.465 e. The van der Waals surface area contributed by atoms with Gasteiger partial charge in [0.15, 0.2) is 0 Å². The van der Waals surface area contributed by atoms with Crippen LogP contribution in [-0.2, 0) is 23.3 Å². The van der Waals surface area contributed by atoms with Crippen LogP contribution >= 0.6 is 10.7 Å². The Labute approximate surface area is 86.7 Å². The molecule has 0 spiro atoms. The number of halogens is 1. The van der Waals surface area contributed by atoms with Crippen molar-refractivity contribution in [2.45, 2.75) is 6.92 Å². The summed E-state index contributed by atoms with van der Waals surface area (Å²) in [7, 11) is 1.53. The number of esters is 1. The maximum Gasteiger partial charge on any atom is 0.302 e. The van der Waals surface area contributed by atoms with Crippen LogP contribution in [0.5, 0.6) is 0 Å². The van der Waals surface area contributed by atoms with Crippen molar-refractivity contribution in [2.75, 3.05) is 25.6 Å². The van der Waals surface area contributed by atoms with Crippen LogP contribution in [0.3, 0.4) is 0 Å². The molecule has 0 N–H and O–H groups in total. The maximum atomic E-state index is 10.9. The molecular formula is C7H11ClO5S. The van der Waals surface area contributed by atoms with Crippen molar-refractivity contribution < 1.29 is 22.7 Å². The number of hydrogen-bond acceptors (Lipinski definition) is 5. The highest BCUT2D eigenvalue weighted by Crippen LogP contribution is 2.30. The lowest BCUT2D eigenvalue weighted by Gasteiger charge is -2.39. The molecule has 14 heavy (non-hydrogen) atoms. The van der Waals surface area contributed by atoms with Crippen LogP contribution < -0.4 is 0 Å². The van der Waals surface area contributed by atoms with Gasteiger partial charge in [0.2, 0.25) is 9.05 Å². The van der Waals surface area contributed by atoms with Gasteiger partial charge in [-0.15, -0.1) is 0 Å². The van der Waals surface area contributed by atoms with E-state index >= 15 is 0 Å². The molecule has 0 amide bonds. The van der Waals surface area contributed by atoms with E-state index < -0.39 is 20.4 Å². The first-order valence-corrected chi connectivity index (χ1v) is 6.44.